The van der Waals surface area contributed by atoms with E-state index in [0.717, 1.165) is 16.5 Å². The Morgan fingerprint density at radius 3 is 2.78 bits per heavy atom. The fraction of sp³-hybridized carbons (Fsp3) is 0.133. The number of aromatic amines is 1. The van der Waals surface area contributed by atoms with Crippen molar-refractivity contribution in [1.29, 1.82) is 0 Å². The molecule has 23 heavy (non-hydrogen) atoms. The van der Waals surface area contributed by atoms with E-state index in [0.29, 0.717) is 5.56 Å². The second kappa shape index (κ2) is 6.17. The molecule has 3 heterocycles. The van der Waals surface area contributed by atoms with E-state index in [1.165, 1.54) is 6.20 Å². The van der Waals surface area contributed by atoms with Crippen LogP contribution in [0, 0.1) is 0 Å². The number of nitrogens with one attached hydrogen (secondary N) is 2. The second-order valence-electron chi connectivity index (χ2n) is 5.06. The summed E-state index contributed by atoms with van der Waals surface area (Å²) in [5, 5.41) is 0.847. The number of hydrogen-bond donors (Lipinski definition) is 2. The fourth-order valence-corrected chi connectivity index (χ4v) is 3.40. The summed E-state index contributed by atoms with van der Waals surface area (Å²) in [7, 11) is -3.75. The Balaban J connectivity index is 1.69. The molecule has 7 nitrogen and oxygen atoms in total. The number of nitrogens with zero attached hydrogens (tertiary/aromatic N) is 2. The number of rotatable bonds is 5. The average Bonchev–Trinajstić information content (AvgIpc) is 2.90. The highest BCUT2D eigenvalue weighted by Crippen LogP contribution is 2.17. The number of pyridine rings is 2. The molecule has 0 unspecified atom stereocenters. The standard InChI is InChI=1S/C15H14N4O3S/c20-15(6-12-8-18-14-9-17-5-3-13(12)14)19-23(21,22)10-11-2-1-4-16-7-11/h1-5,7-9,18H,6,10H2,(H,19,20). The lowest BCUT2D eigenvalue weighted by Gasteiger charge is -2.06. The molecule has 0 aliphatic rings. The molecular weight excluding hydrogens is 316 g/mol. The molecule has 2 N–H and O–H groups in total. The van der Waals surface area contributed by atoms with Crippen LogP contribution in [0.5, 0.6) is 0 Å². The Morgan fingerprint density at radius 1 is 1.17 bits per heavy atom. The van der Waals surface area contributed by atoms with Crippen molar-refractivity contribution in [3.8, 4) is 0 Å². The summed E-state index contributed by atoms with van der Waals surface area (Å²) >= 11 is 0. The molecule has 3 aromatic heterocycles. The van der Waals surface area contributed by atoms with Crippen LogP contribution < -0.4 is 4.72 Å². The van der Waals surface area contributed by atoms with E-state index in [2.05, 4.69) is 19.7 Å². The van der Waals surface area contributed by atoms with E-state index in [1.807, 2.05) is 0 Å². The van der Waals surface area contributed by atoms with Gasteiger partial charge < -0.3 is 4.98 Å². The number of fused-ring (bicyclic) bond motifs is 1. The first-order valence-electron chi connectivity index (χ1n) is 6.86. The zero-order valence-corrected chi connectivity index (χ0v) is 12.9. The van der Waals surface area contributed by atoms with Gasteiger partial charge in [-0.05, 0) is 23.3 Å². The van der Waals surface area contributed by atoms with Gasteiger partial charge in [0.05, 0.1) is 23.9 Å². The molecule has 0 aromatic carbocycles. The number of aromatic nitrogens is 3. The molecule has 0 spiro atoms. The van der Waals surface area contributed by atoms with E-state index >= 15 is 0 Å². The topological polar surface area (TPSA) is 105 Å². The second-order valence-corrected chi connectivity index (χ2v) is 6.78. The smallest absolute Gasteiger partial charge is 0.239 e. The first-order valence-corrected chi connectivity index (χ1v) is 8.51. The van der Waals surface area contributed by atoms with E-state index in [-0.39, 0.29) is 12.2 Å². The molecule has 0 bridgehead atoms. The van der Waals surface area contributed by atoms with Crippen LogP contribution in [-0.4, -0.2) is 29.3 Å². The predicted octanol–water partition coefficient (Wildman–Crippen LogP) is 1.15. The minimum Gasteiger partial charge on any atom is -0.360 e. The molecule has 118 valence electrons. The Hall–Kier alpha value is -2.74. The van der Waals surface area contributed by atoms with Crippen LogP contribution in [0.2, 0.25) is 0 Å². The van der Waals surface area contributed by atoms with Gasteiger partial charge in [0.15, 0.2) is 0 Å². The summed E-state index contributed by atoms with van der Waals surface area (Å²) < 4.78 is 26.1. The highest BCUT2D eigenvalue weighted by atomic mass is 32.2. The molecular formula is C15H14N4O3S. The molecule has 0 saturated carbocycles. The van der Waals surface area contributed by atoms with Crippen molar-refractivity contribution in [2.75, 3.05) is 0 Å². The van der Waals surface area contributed by atoms with Crippen LogP contribution >= 0.6 is 0 Å². The van der Waals surface area contributed by atoms with Gasteiger partial charge in [-0.15, -0.1) is 0 Å². The van der Waals surface area contributed by atoms with Gasteiger partial charge in [0, 0.05) is 30.2 Å². The normalized spacial score (nSPS) is 11.5. The summed E-state index contributed by atoms with van der Waals surface area (Å²) in [5.41, 5.74) is 2.04. The average molecular weight is 330 g/mol. The minimum atomic E-state index is -3.75. The van der Waals surface area contributed by atoms with Gasteiger partial charge in [-0.3, -0.25) is 19.5 Å². The molecule has 1 amide bonds. The SMILES string of the molecule is O=C(Cc1c[nH]c2cnccc12)NS(=O)(=O)Cc1cccnc1. The zero-order chi connectivity index (χ0) is 16.3. The van der Waals surface area contributed by atoms with E-state index in [9.17, 15) is 13.2 Å². The molecule has 0 atom stereocenters. The van der Waals surface area contributed by atoms with Crippen LogP contribution in [-0.2, 0) is 27.0 Å². The van der Waals surface area contributed by atoms with Gasteiger partial charge in [0.2, 0.25) is 15.9 Å². The number of hydrogen-bond acceptors (Lipinski definition) is 5. The largest absolute Gasteiger partial charge is 0.360 e. The number of carbonyl (C=O) groups is 1. The van der Waals surface area contributed by atoms with Crippen LogP contribution in [0.4, 0.5) is 0 Å². The minimum absolute atomic E-state index is 0.0315. The van der Waals surface area contributed by atoms with E-state index in [4.69, 9.17) is 0 Å². The quantitative estimate of drug-likeness (QED) is 0.730. The lowest BCUT2D eigenvalue weighted by Crippen LogP contribution is -2.32. The molecule has 8 heteroatoms. The number of H-pyrrole nitrogens is 1. The Morgan fingerprint density at radius 2 is 2.00 bits per heavy atom. The molecule has 3 aromatic rings. The number of sulfonamides is 1. The van der Waals surface area contributed by atoms with E-state index in [1.54, 1.807) is 43.0 Å². The highest BCUT2D eigenvalue weighted by Gasteiger charge is 2.17. The number of amides is 1. The van der Waals surface area contributed by atoms with Crippen LogP contribution in [0.3, 0.4) is 0 Å². The third-order valence-corrected chi connectivity index (χ3v) is 4.52. The first kappa shape index (κ1) is 15.2. The molecule has 0 fully saturated rings. The van der Waals surface area contributed by atoms with Crippen LogP contribution in [0.15, 0.2) is 49.2 Å². The van der Waals surface area contributed by atoms with Gasteiger partial charge in [0.1, 0.15) is 0 Å². The van der Waals surface area contributed by atoms with Crippen LogP contribution in [0.1, 0.15) is 11.1 Å². The van der Waals surface area contributed by atoms with Crippen molar-refractivity contribution in [3.05, 3.63) is 60.3 Å². The monoisotopic (exact) mass is 330 g/mol. The van der Waals surface area contributed by atoms with Gasteiger partial charge in [-0.1, -0.05) is 6.07 Å². The van der Waals surface area contributed by atoms with Gasteiger partial charge in [-0.2, -0.15) is 0 Å². The molecule has 0 aliphatic carbocycles. The third-order valence-electron chi connectivity index (χ3n) is 3.27. The summed E-state index contributed by atoms with van der Waals surface area (Å²) in [6.45, 7) is 0. The lowest BCUT2D eigenvalue weighted by molar-refractivity contribution is -0.118. The fourth-order valence-electron chi connectivity index (χ4n) is 2.30. The highest BCUT2D eigenvalue weighted by molar-refractivity contribution is 7.89. The molecule has 0 radical (unpaired) electrons. The first-order chi connectivity index (χ1) is 11.0. The summed E-state index contributed by atoms with van der Waals surface area (Å²) in [6.07, 6.45) is 7.93. The van der Waals surface area contributed by atoms with Crippen molar-refractivity contribution < 1.29 is 13.2 Å². The maximum atomic E-state index is 12.0. The van der Waals surface area contributed by atoms with E-state index < -0.39 is 15.9 Å². The third kappa shape index (κ3) is 3.72. The summed E-state index contributed by atoms with van der Waals surface area (Å²) in [5.74, 6) is -0.865. The zero-order valence-electron chi connectivity index (χ0n) is 12.1. The van der Waals surface area contributed by atoms with Crippen LogP contribution in [0.25, 0.3) is 10.9 Å². The molecule has 3 rings (SSSR count). The summed E-state index contributed by atoms with van der Waals surface area (Å²) in [4.78, 5) is 22.9. The lowest BCUT2D eigenvalue weighted by atomic mass is 10.1. The Bertz CT molecular complexity index is 936. The summed E-state index contributed by atoms with van der Waals surface area (Å²) in [6, 6.07) is 5.06. The van der Waals surface area contributed by atoms with Gasteiger partial charge >= 0.3 is 0 Å². The Kier molecular flexibility index (Phi) is 4.07. The van der Waals surface area contributed by atoms with Crippen molar-refractivity contribution in [2.24, 2.45) is 0 Å². The molecule has 0 saturated heterocycles. The van der Waals surface area contributed by atoms with Crippen molar-refractivity contribution in [1.82, 2.24) is 19.7 Å². The maximum absolute atomic E-state index is 12.0. The molecule has 0 aliphatic heterocycles. The predicted molar refractivity (Wildman–Crippen MR) is 84.8 cm³/mol. The van der Waals surface area contributed by atoms with Gasteiger partial charge in [0.25, 0.3) is 0 Å². The van der Waals surface area contributed by atoms with Crippen molar-refractivity contribution in [2.45, 2.75) is 12.2 Å². The van der Waals surface area contributed by atoms with Crippen molar-refractivity contribution in [3.63, 3.8) is 0 Å². The van der Waals surface area contributed by atoms with Gasteiger partial charge in [-0.25, -0.2) is 8.42 Å². The number of carbonyl (C=O) groups excluding carboxylic acids is 1. The Labute approximate surface area is 132 Å². The van der Waals surface area contributed by atoms with Crippen molar-refractivity contribution >= 4 is 26.8 Å². The maximum Gasteiger partial charge on any atom is 0.239 e.